The maximum atomic E-state index is 14.2. The van der Waals surface area contributed by atoms with E-state index >= 15 is 0 Å². The molecule has 7 nitrogen and oxygen atoms in total. The smallest absolute Gasteiger partial charge is 0.273 e. The van der Waals surface area contributed by atoms with E-state index in [2.05, 4.69) is 15.5 Å². The molecular formula is C26H24F2N4O3. The number of aromatic nitrogens is 3. The topological polar surface area (TPSA) is 89.0 Å². The minimum absolute atomic E-state index is 0.0345. The molecule has 0 fully saturated rings. The number of nitrogens with zero attached hydrogens (tertiary/aromatic N) is 2. The molecule has 4 aromatic rings. The first-order valence-electron chi connectivity index (χ1n) is 11.2. The van der Waals surface area contributed by atoms with Gasteiger partial charge in [0.2, 0.25) is 5.56 Å². The lowest BCUT2D eigenvalue weighted by Crippen LogP contribution is -2.27. The number of hydrogen-bond acceptors (Lipinski definition) is 4. The Morgan fingerprint density at radius 3 is 2.83 bits per heavy atom. The number of halogens is 2. The van der Waals surface area contributed by atoms with E-state index in [1.807, 2.05) is 0 Å². The molecule has 9 heteroatoms. The van der Waals surface area contributed by atoms with Crippen LogP contribution < -0.4 is 15.6 Å². The molecule has 1 aliphatic carbocycles. The van der Waals surface area contributed by atoms with E-state index in [9.17, 15) is 18.4 Å². The van der Waals surface area contributed by atoms with Gasteiger partial charge in [-0.1, -0.05) is 18.2 Å². The summed E-state index contributed by atoms with van der Waals surface area (Å²) in [6, 6.07) is 9.13. The molecule has 1 amide bonds. The molecule has 0 aliphatic heterocycles. The van der Waals surface area contributed by atoms with Crippen molar-refractivity contribution in [3.8, 4) is 16.9 Å². The summed E-state index contributed by atoms with van der Waals surface area (Å²) in [5.41, 5.74) is 3.18. The van der Waals surface area contributed by atoms with Crippen LogP contribution in [-0.2, 0) is 19.4 Å². The number of nitrogens with one attached hydrogen (secondary N) is 2. The van der Waals surface area contributed by atoms with Gasteiger partial charge >= 0.3 is 0 Å². The first-order chi connectivity index (χ1) is 16.7. The van der Waals surface area contributed by atoms with E-state index in [4.69, 9.17) is 4.74 Å². The molecule has 0 unspecified atom stereocenters. The molecule has 180 valence electrons. The van der Waals surface area contributed by atoms with Gasteiger partial charge < -0.3 is 14.6 Å². The number of H-pyrrole nitrogens is 1. The van der Waals surface area contributed by atoms with Gasteiger partial charge in [-0.3, -0.25) is 14.7 Å². The summed E-state index contributed by atoms with van der Waals surface area (Å²) in [5.74, 6) is -2.73. The second-order valence-corrected chi connectivity index (χ2v) is 8.79. The van der Waals surface area contributed by atoms with Crippen molar-refractivity contribution in [3.63, 3.8) is 0 Å². The van der Waals surface area contributed by atoms with Gasteiger partial charge in [0.05, 0.1) is 24.1 Å². The van der Waals surface area contributed by atoms with Crippen molar-refractivity contribution in [2.45, 2.75) is 31.7 Å². The van der Waals surface area contributed by atoms with Crippen LogP contribution in [0.5, 0.6) is 5.75 Å². The number of rotatable bonds is 5. The summed E-state index contributed by atoms with van der Waals surface area (Å²) in [6.07, 6.45) is 3.35. The Morgan fingerprint density at radius 2 is 2.09 bits per heavy atom. The minimum atomic E-state index is -2.85. The number of alkyl halides is 2. The Bertz CT molecular complexity index is 1520. The SMILES string of the molecule is COc1c(-c2ccc(=O)n(C)c2)cc(C(=O)N[C@H](C)c2cccc3c2CCC3(F)F)c2n[nH]cc12. The number of aromatic amines is 1. The number of benzene rings is 2. The summed E-state index contributed by atoms with van der Waals surface area (Å²) in [7, 11) is 3.17. The van der Waals surface area contributed by atoms with Gasteiger partial charge in [-0.2, -0.15) is 5.10 Å². The molecule has 0 spiro atoms. The summed E-state index contributed by atoms with van der Waals surface area (Å²) < 4.78 is 35.6. The first-order valence-corrected chi connectivity index (χ1v) is 11.2. The fraction of sp³-hybridized carbons (Fsp3) is 0.269. The zero-order valence-corrected chi connectivity index (χ0v) is 19.5. The van der Waals surface area contributed by atoms with E-state index in [1.54, 1.807) is 50.6 Å². The zero-order chi connectivity index (χ0) is 24.9. The van der Waals surface area contributed by atoms with Crippen molar-refractivity contribution in [2.75, 3.05) is 7.11 Å². The third-order valence-electron chi connectivity index (χ3n) is 6.63. The van der Waals surface area contributed by atoms with Gasteiger partial charge in [0, 0.05) is 48.6 Å². The van der Waals surface area contributed by atoms with E-state index < -0.39 is 17.9 Å². The number of pyridine rings is 1. The molecular weight excluding hydrogens is 454 g/mol. The quantitative estimate of drug-likeness (QED) is 0.443. The van der Waals surface area contributed by atoms with Gasteiger partial charge in [0.15, 0.2) is 0 Å². The molecule has 1 aliphatic rings. The van der Waals surface area contributed by atoms with Crippen LogP contribution in [-0.4, -0.2) is 27.8 Å². The predicted molar refractivity (Wildman–Crippen MR) is 128 cm³/mol. The highest BCUT2D eigenvalue weighted by atomic mass is 19.3. The van der Waals surface area contributed by atoms with E-state index in [1.165, 1.54) is 23.8 Å². The Hall–Kier alpha value is -4.01. The van der Waals surface area contributed by atoms with E-state index in [-0.39, 0.29) is 24.0 Å². The fourth-order valence-corrected chi connectivity index (χ4v) is 4.85. The molecule has 0 saturated heterocycles. The fourth-order valence-electron chi connectivity index (χ4n) is 4.85. The van der Waals surface area contributed by atoms with Crippen molar-refractivity contribution < 1.29 is 18.3 Å². The number of carbonyl (C=O) groups excluding carboxylic acids is 1. The molecule has 2 aromatic carbocycles. The van der Waals surface area contributed by atoms with Crippen molar-refractivity contribution >= 4 is 16.8 Å². The Kier molecular flexibility index (Phi) is 5.42. The average Bonchev–Trinajstić information content (AvgIpc) is 3.44. The van der Waals surface area contributed by atoms with Gasteiger partial charge in [-0.05, 0) is 36.6 Å². The Morgan fingerprint density at radius 1 is 1.29 bits per heavy atom. The lowest BCUT2D eigenvalue weighted by molar-refractivity contribution is -0.00185. The maximum Gasteiger partial charge on any atom is 0.273 e. The molecule has 5 rings (SSSR count). The van der Waals surface area contributed by atoms with Crippen LogP contribution in [0, 0.1) is 0 Å². The van der Waals surface area contributed by atoms with Crippen LogP contribution in [0.2, 0.25) is 0 Å². The summed E-state index contributed by atoms with van der Waals surface area (Å²) in [6.45, 7) is 1.78. The number of ether oxygens (including phenoxy) is 1. The number of fused-ring (bicyclic) bond motifs is 2. The molecule has 0 saturated carbocycles. The number of methoxy groups -OCH3 is 1. The average molecular weight is 478 g/mol. The molecule has 0 radical (unpaired) electrons. The third-order valence-corrected chi connectivity index (χ3v) is 6.63. The van der Waals surface area contributed by atoms with Crippen molar-refractivity contribution in [1.29, 1.82) is 0 Å². The van der Waals surface area contributed by atoms with Gasteiger partial charge in [0.25, 0.3) is 11.8 Å². The molecule has 2 heterocycles. The highest BCUT2D eigenvalue weighted by Gasteiger charge is 2.40. The molecule has 2 N–H and O–H groups in total. The molecule has 0 bridgehead atoms. The first kappa shape index (κ1) is 22.8. The summed E-state index contributed by atoms with van der Waals surface area (Å²) in [5, 5.41) is 10.6. The second-order valence-electron chi connectivity index (χ2n) is 8.79. The molecule has 2 aromatic heterocycles. The van der Waals surface area contributed by atoms with Gasteiger partial charge in [-0.15, -0.1) is 0 Å². The largest absolute Gasteiger partial charge is 0.495 e. The molecule has 1 atom stereocenters. The lowest BCUT2D eigenvalue weighted by Gasteiger charge is -2.19. The van der Waals surface area contributed by atoms with Gasteiger partial charge in [-0.25, -0.2) is 8.78 Å². The van der Waals surface area contributed by atoms with Crippen LogP contribution in [0.4, 0.5) is 8.78 Å². The number of aryl methyl sites for hydroxylation is 1. The highest BCUT2D eigenvalue weighted by molar-refractivity contribution is 6.09. The monoisotopic (exact) mass is 478 g/mol. The normalized spacial score (nSPS) is 15.1. The summed E-state index contributed by atoms with van der Waals surface area (Å²) in [4.78, 5) is 25.3. The predicted octanol–water partition coefficient (Wildman–Crippen LogP) is 4.47. The number of carbonyl (C=O) groups is 1. The number of amides is 1. The van der Waals surface area contributed by atoms with Crippen LogP contribution in [0.25, 0.3) is 22.0 Å². The van der Waals surface area contributed by atoms with Crippen LogP contribution >= 0.6 is 0 Å². The minimum Gasteiger partial charge on any atom is -0.495 e. The lowest BCUT2D eigenvalue weighted by atomic mass is 9.96. The van der Waals surface area contributed by atoms with Crippen LogP contribution in [0.1, 0.15) is 46.4 Å². The van der Waals surface area contributed by atoms with E-state index in [0.29, 0.717) is 44.5 Å². The van der Waals surface area contributed by atoms with Crippen LogP contribution in [0.3, 0.4) is 0 Å². The zero-order valence-electron chi connectivity index (χ0n) is 19.5. The second kappa shape index (κ2) is 8.33. The summed E-state index contributed by atoms with van der Waals surface area (Å²) >= 11 is 0. The van der Waals surface area contributed by atoms with Gasteiger partial charge in [0.1, 0.15) is 11.3 Å². The Labute approximate surface area is 199 Å². The third kappa shape index (κ3) is 3.77. The van der Waals surface area contributed by atoms with Crippen LogP contribution in [0.15, 0.2) is 53.6 Å². The van der Waals surface area contributed by atoms with Crippen molar-refractivity contribution in [1.82, 2.24) is 20.1 Å². The molecule has 35 heavy (non-hydrogen) atoms. The highest BCUT2D eigenvalue weighted by Crippen LogP contribution is 2.44. The number of hydrogen-bond donors (Lipinski definition) is 2. The van der Waals surface area contributed by atoms with E-state index in [0.717, 1.165) is 0 Å². The van der Waals surface area contributed by atoms with Crippen molar-refractivity contribution in [2.24, 2.45) is 7.05 Å². The maximum absolute atomic E-state index is 14.2. The Balaban J connectivity index is 1.56. The standard InChI is InChI=1S/C26H24F2N4O3/c1-14(16-5-4-6-21-17(16)9-10-26(21,27)28)30-25(34)19-11-18(15-7-8-22(33)32(2)13-15)24(35-3)20-12-29-31-23(19)20/h4-8,11-14H,9-10H2,1-3H3,(H,29,31)(H,30,34)/t14-/m1/s1. The van der Waals surface area contributed by atoms with Crippen molar-refractivity contribution in [3.05, 3.63) is 81.4 Å².